The summed E-state index contributed by atoms with van der Waals surface area (Å²) in [6.45, 7) is 5.31. The number of carbonyl (C=O) groups excluding carboxylic acids is 1. The van der Waals surface area contributed by atoms with Gasteiger partial charge in [-0.2, -0.15) is 0 Å². The fourth-order valence-corrected chi connectivity index (χ4v) is 3.67. The molecule has 0 aliphatic carbocycles. The maximum atomic E-state index is 12.1. The summed E-state index contributed by atoms with van der Waals surface area (Å²) in [6, 6.07) is 7.88. The van der Waals surface area contributed by atoms with Crippen LogP contribution in [-0.2, 0) is 12.8 Å². The maximum Gasteiger partial charge on any atom is 0.315 e. The zero-order valence-corrected chi connectivity index (χ0v) is 14.9. The summed E-state index contributed by atoms with van der Waals surface area (Å²) in [5.74, 6) is 1.12. The number of hydrogen-bond donors (Lipinski definition) is 2. The Morgan fingerprint density at radius 3 is 3.08 bits per heavy atom. The van der Waals surface area contributed by atoms with E-state index in [0.717, 1.165) is 29.3 Å². The van der Waals surface area contributed by atoms with Gasteiger partial charge in [0.15, 0.2) is 0 Å². The predicted octanol–water partition coefficient (Wildman–Crippen LogP) is 3.11. The molecule has 0 saturated heterocycles. The lowest BCUT2D eigenvalue weighted by atomic mass is 9.94. The summed E-state index contributed by atoms with van der Waals surface area (Å²) >= 11 is 1.68. The van der Waals surface area contributed by atoms with Crippen LogP contribution in [0, 0.1) is 0 Å². The predicted molar refractivity (Wildman–Crippen MR) is 95.9 cm³/mol. The molecule has 1 aromatic carbocycles. The fourth-order valence-electron chi connectivity index (χ4n) is 2.89. The number of ether oxygens (including phenoxy) is 1. The van der Waals surface area contributed by atoms with Crippen molar-refractivity contribution in [3.8, 4) is 5.75 Å². The number of hydrogen-bond acceptors (Lipinski definition) is 4. The SMILES string of the molecule is CCc1nc(CCNC(=O)N[C@@H](C)[C@@H]2COc3ccccc32)cs1. The highest BCUT2D eigenvalue weighted by Crippen LogP contribution is 2.35. The van der Waals surface area contributed by atoms with Crippen molar-refractivity contribution in [3.63, 3.8) is 0 Å². The molecule has 0 unspecified atom stereocenters. The van der Waals surface area contributed by atoms with Gasteiger partial charge in [-0.1, -0.05) is 25.1 Å². The molecule has 6 heteroatoms. The summed E-state index contributed by atoms with van der Waals surface area (Å²) in [5, 5.41) is 9.13. The highest BCUT2D eigenvalue weighted by Gasteiger charge is 2.29. The highest BCUT2D eigenvalue weighted by atomic mass is 32.1. The van der Waals surface area contributed by atoms with Crippen molar-refractivity contribution in [2.24, 2.45) is 0 Å². The van der Waals surface area contributed by atoms with Crippen molar-refractivity contribution in [3.05, 3.63) is 45.9 Å². The van der Waals surface area contributed by atoms with E-state index >= 15 is 0 Å². The van der Waals surface area contributed by atoms with Gasteiger partial charge in [0, 0.05) is 35.9 Å². The number of rotatable bonds is 6. The minimum absolute atomic E-state index is 0.0135. The first-order chi connectivity index (χ1) is 11.7. The Morgan fingerprint density at radius 1 is 1.46 bits per heavy atom. The average Bonchev–Trinajstić information content (AvgIpc) is 3.21. The van der Waals surface area contributed by atoms with Crippen molar-refractivity contribution in [1.29, 1.82) is 0 Å². The van der Waals surface area contributed by atoms with Crippen LogP contribution >= 0.6 is 11.3 Å². The third-order valence-corrected chi connectivity index (χ3v) is 5.31. The highest BCUT2D eigenvalue weighted by molar-refractivity contribution is 7.09. The first-order valence-electron chi connectivity index (χ1n) is 8.36. The van der Waals surface area contributed by atoms with Gasteiger partial charge in [-0.15, -0.1) is 11.3 Å². The molecule has 3 rings (SSSR count). The molecule has 1 aliphatic heterocycles. The number of nitrogens with zero attached hydrogens (tertiary/aromatic N) is 1. The first kappa shape index (κ1) is 16.8. The van der Waals surface area contributed by atoms with Crippen LogP contribution in [0.5, 0.6) is 5.75 Å². The smallest absolute Gasteiger partial charge is 0.315 e. The summed E-state index contributed by atoms with van der Waals surface area (Å²) < 4.78 is 5.69. The molecule has 24 heavy (non-hydrogen) atoms. The summed E-state index contributed by atoms with van der Waals surface area (Å²) in [4.78, 5) is 16.6. The second-order valence-electron chi connectivity index (χ2n) is 5.98. The Morgan fingerprint density at radius 2 is 2.29 bits per heavy atom. The van der Waals surface area contributed by atoms with Crippen molar-refractivity contribution in [2.45, 2.75) is 38.6 Å². The maximum absolute atomic E-state index is 12.1. The molecule has 0 bridgehead atoms. The number of nitrogens with one attached hydrogen (secondary N) is 2. The Labute approximate surface area is 146 Å². The van der Waals surface area contributed by atoms with Crippen LogP contribution in [0.4, 0.5) is 4.79 Å². The minimum Gasteiger partial charge on any atom is -0.493 e. The molecular formula is C18H23N3O2S. The second kappa shape index (κ2) is 7.66. The molecule has 1 aliphatic rings. The van der Waals surface area contributed by atoms with Gasteiger partial charge in [-0.3, -0.25) is 0 Å². The Balaban J connectivity index is 1.45. The number of aromatic nitrogens is 1. The van der Waals surface area contributed by atoms with Crippen molar-refractivity contribution in [2.75, 3.05) is 13.2 Å². The molecule has 0 spiro atoms. The summed E-state index contributed by atoms with van der Waals surface area (Å²) in [7, 11) is 0. The van der Waals surface area contributed by atoms with Crippen LogP contribution in [-0.4, -0.2) is 30.2 Å². The average molecular weight is 345 g/mol. The Hall–Kier alpha value is -2.08. The number of thiazole rings is 1. The molecule has 5 nitrogen and oxygen atoms in total. The van der Waals surface area contributed by atoms with Crippen LogP contribution < -0.4 is 15.4 Å². The summed E-state index contributed by atoms with van der Waals surface area (Å²) in [5.41, 5.74) is 2.21. The molecule has 2 atom stereocenters. The topological polar surface area (TPSA) is 63.2 Å². The molecule has 2 N–H and O–H groups in total. The normalized spacial score (nSPS) is 17.0. The van der Waals surface area contributed by atoms with E-state index in [2.05, 4.69) is 34.0 Å². The molecule has 0 radical (unpaired) electrons. The number of aryl methyl sites for hydroxylation is 1. The molecule has 0 fully saturated rings. The number of fused-ring (bicyclic) bond motifs is 1. The third kappa shape index (κ3) is 3.87. The van der Waals surface area contributed by atoms with Crippen molar-refractivity contribution < 1.29 is 9.53 Å². The standard InChI is InChI=1S/C18H23N3O2S/c1-3-17-21-13(11-24-17)8-9-19-18(22)20-12(2)15-10-23-16-7-5-4-6-14(15)16/h4-7,11-12,15H,3,8-10H2,1-2H3,(H2,19,20,22)/t12-,15-/m0/s1. The first-order valence-corrected chi connectivity index (χ1v) is 9.24. The van der Waals surface area contributed by atoms with Crippen LogP contribution in [0.25, 0.3) is 0 Å². The third-order valence-electron chi connectivity index (χ3n) is 4.27. The zero-order chi connectivity index (χ0) is 16.9. The number of para-hydroxylation sites is 1. The minimum atomic E-state index is -0.141. The fraction of sp³-hybridized carbons (Fsp3) is 0.444. The van der Waals surface area contributed by atoms with E-state index in [9.17, 15) is 4.79 Å². The lowest BCUT2D eigenvalue weighted by Crippen LogP contribution is -2.44. The molecular weight excluding hydrogens is 322 g/mol. The van der Waals surface area contributed by atoms with Crippen LogP contribution in [0.3, 0.4) is 0 Å². The van der Waals surface area contributed by atoms with Gasteiger partial charge in [0.2, 0.25) is 0 Å². The molecule has 2 aromatic rings. The molecule has 2 amide bonds. The number of amides is 2. The van der Waals surface area contributed by atoms with E-state index in [1.807, 2.05) is 25.1 Å². The van der Waals surface area contributed by atoms with Crippen LogP contribution in [0.2, 0.25) is 0 Å². The van der Waals surface area contributed by atoms with Gasteiger partial charge < -0.3 is 15.4 Å². The lowest BCUT2D eigenvalue weighted by molar-refractivity contribution is 0.233. The molecule has 0 saturated carbocycles. The van der Waals surface area contributed by atoms with Gasteiger partial charge in [-0.05, 0) is 19.4 Å². The van der Waals surface area contributed by atoms with Gasteiger partial charge >= 0.3 is 6.03 Å². The van der Waals surface area contributed by atoms with E-state index in [1.54, 1.807) is 11.3 Å². The van der Waals surface area contributed by atoms with Gasteiger partial charge in [0.05, 0.1) is 17.3 Å². The lowest BCUT2D eigenvalue weighted by Gasteiger charge is -2.20. The van der Waals surface area contributed by atoms with Crippen molar-refractivity contribution in [1.82, 2.24) is 15.6 Å². The Bertz CT molecular complexity index is 701. The number of carbonyl (C=O) groups is 1. The Kier molecular flexibility index (Phi) is 5.35. The molecule has 2 heterocycles. The summed E-state index contributed by atoms with van der Waals surface area (Å²) in [6.07, 6.45) is 1.72. The molecule has 1 aromatic heterocycles. The second-order valence-corrected chi connectivity index (χ2v) is 6.92. The number of urea groups is 1. The number of benzene rings is 1. The zero-order valence-electron chi connectivity index (χ0n) is 14.0. The van der Waals surface area contributed by atoms with E-state index in [1.165, 1.54) is 5.56 Å². The quantitative estimate of drug-likeness (QED) is 0.845. The van der Waals surface area contributed by atoms with Gasteiger partial charge in [0.25, 0.3) is 0 Å². The molecule has 128 valence electrons. The van der Waals surface area contributed by atoms with E-state index in [-0.39, 0.29) is 18.0 Å². The van der Waals surface area contributed by atoms with Crippen LogP contribution in [0.15, 0.2) is 29.6 Å². The van der Waals surface area contributed by atoms with E-state index in [4.69, 9.17) is 4.74 Å². The van der Waals surface area contributed by atoms with Gasteiger partial charge in [-0.25, -0.2) is 9.78 Å². The van der Waals surface area contributed by atoms with Crippen LogP contribution in [0.1, 0.15) is 36.0 Å². The van der Waals surface area contributed by atoms with E-state index < -0.39 is 0 Å². The monoisotopic (exact) mass is 345 g/mol. The van der Waals surface area contributed by atoms with E-state index in [0.29, 0.717) is 13.2 Å². The largest absolute Gasteiger partial charge is 0.493 e. The van der Waals surface area contributed by atoms with Gasteiger partial charge in [0.1, 0.15) is 5.75 Å². The van der Waals surface area contributed by atoms with Crippen molar-refractivity contribution >= 4 is 17.4 Å².